The van der Waals surface area contributed by atoms with E-state index < -0.39 is 0 Å². The monoisotopic (exact) mass is 260 g/mol. The molecule has 3 N–H and O–H groups in total. The van der Waals surface area contributed by atoms with Crippen LogP contribution in [0.5, 0.6) is 0 Å². The first kappa shape index (κ1) is 12.5. The average Bonchev–Trinajstić information content (AvgIpc) is 2.33. The fourth-order valence-electron chi connectivity index (χ4n) is 1.65. The minimum atomic E-state index is -0.181. The Morgan fingerprint density at radius 1 is 1.22 bits per heavy atom. The van der Waals surface area contributed by atoms with Gasteiger partial charge in [-0.3, -0.25) is 4.79 Å². The third-order valence-electron chi connectivity index (χ3n) is 2.63. The molecule has 0 radical (unpaired) electrons. The predicted molar refractivity (Wildman–Crippen MR) is 75.0 cm³/mol. The molecule has 0 atom stereocenters. The highest BCUT2D eigenvalue weighted by molar-refractivity contribution is 6.34. The van der Waals surface area contributed by atoms with E-state index in [-0.39, 0.29) is 5.91 Å². The summed E-state index contributed by atoms with van der Waals surface area (Å²) in [5.41, 5.74) is 8.26. The maximum absolute atomic E-state index is 12.1. The van der Waals surface area contributed by atoms with Crippen molar-refractivity contribution >= 4 is 28.9 Å². The minimum absolute atomic E-state index is 0.181. The summed E-state index contributed by atoms with van der Waals surface area (Å²) in [6, 6.07) is 12.4. The van der Waals surface area contributed by atoms with Crippen LogP contribution in [0, 0.1) is 6.92 Å². The number of carbonyl (C=O) groups excluding carboxylic acids is 1. The molecule has 0 aromatic heterocycles. The fraction of sp³-hybridized carbons (Fsp3) is 0.0714. The van der Waals surface area contributed by atoms with Gasteiger partial charge in [-0.2, -0.15) is 0 Å². The number of anilines is 2. The molecule has 0 heterocycles. The lowest BCUT2D eigenvalue weighted by Crippen LogP contribution is -2.13. The topological polar surface area (TPSA) is 55.1 Å². The Kier molecular flexibility index (Phi) is 3.53. The van der Waals surface area contributed by atoms with E-state index in [0.717, 1.165) is 5.56 Å². The second-order valence-corrected chi connectivity index (χ2v) is 4.42. The number of hydrogen-bond donors (Lipinski definition) is 2. The number of hydrogen-bond acceptors (Lipinski definition) is 2. The number of nitrogen functional groups attached to an aromatic ring is 1. The molecule has 18 heavy (non-hydrogen) atoms. The van der Waals surface area contributed by atoms with Crippen LogP contribution in [0.4, 0.5) is 11.4 Å². The van der Waals surface area contributed by atoms with Crippen LogP contribution in [0.1, 0.15) is 15.9 Å². The summed E-state index contributed by atoms with van der Waals surface area (Å²) in [6.07, 6.45) is 0. The van der Waals surface area contributed by atoms with E-state index in [2.05, 4.69) is 5.32 Å². The summed E-state index contributed by atoms with van der Waals surface area (Å²) >= 11 is 6.01. The van der Waals surface area contributed by atoms with Crippen LogP contribution in [0.3, 0.4) is 0 Å². The number of benzene rings is 2. The number of nitrogens with one attached hydrogen (secondary N) is 1. The smallest absolute Gasteiger partial charge is 0.255 e. The number of nitrogens with two attached hydrogens (primary N) is 1. The molecule has 1 amide bonds. The second kappa shape index (κ2) is 5.10. The van der Waals surface area contributed by atoms with Crippen LogP contribution in [0.25, 0.3) is 0 Å². The third-order valence-corrected chi connectivity index (χ3v) is 2.94. The van der Waals surface area contributed by atoms with Gasteiger partial charge in [-0.1, -0.05) is 29.8 Å². The molecular formula is C14H13ClN2O. The highest BCUT2D eigenvalue weighted by Crippen LogP contribution is 2.24. The first-order chi connectivity index (χ1) is 8.58. The molecule has 0 aliphatic carbocycles. The van der Waals surface area contributed by atoms with Gasteiger partial charge in [0.1, 0.15) is 0 Å². The Labute approximate surface area is 111 Å². The molecule has 92 valence electrons. The Bertz CT molecular complexity index is 596. The lowest BCUT2D eigenvalue weighted by atomic mass is 10.1. The number of rotatable bonds is 2. The molecule has 0 aliphatic rings. The Morgan fingerprint density at radius 3 is 2.61 bits per heavy atom. The van der Waals surface area contributed by atoms with E-state index in [1.54, 1.807) is 24.3 Å². The van der Waals surface area contributed by atoms with Crippen LogP contribution in [-0.2, 0) is 0 Å². The Balaban J connectivity index is 2.24. The summed E-state index contributed by atoms with van der Waals surface area (Å²) in [6.45, 7) is 1.89. The van der Waals surface area contributed by atoms with Gasteiger partial charge in [0.15, 0.2) is 0 Å². The third kappa shape index (κ3) is 2.63. The summed E-state index contributed by atoms with van der Waals surface area (Å²) in [4.78, 5) is 12.1. The maximum Gasteiger partial charge on any atom is 0.255 e. The van der Waals surface area contributed by atoms with Crippen LogP contribution >= 0.6 is 11.6 Å². The largest absolute Gasteiger partial charge is 0.399 e. The first-order valence-corrected chi connectivity index (χ1v) is 5.88. The molecular weight excluding hydrogens is 248 g/mol. The first-order valence-electron chi connectivity index (χ1n) is 5.50. The van der Waals surface area contributed by atoms with Crippen molar-refractivity contribution in [3.63, 3.8) is 0 Å². The van der Waals surface area contributed by atoms with Gasteiger partial charge < -0.3 is 11.1 Å². The molecule has 0 saturated heterocycles. The molecule has 0 saturated carbocycles. The van der Waals surface area contributed by atoms with Crippen molar-refractivity contribution < 1.29 is 4.79 Å². The molecule has 0 spiro atoms. The Hall–Kier alpha value is -2.00. The van der Waals surface area contributed by atoms with Crippen molar-refractivity contribution in [2.75, 3.05) is 11.1 Å². The van der Waals surface area contributed by atoms with Gasteiger partial charge in [-0.25, -0.2) is 0 Å². The van der Waals surface area contributed by atoms with Gasteiger partial charge in [0.25, 0.3) is 5.91 Å². The van der Waals surface area contributed by atoms with Gasteiger partial charge in [-0.05, 0) is 36.8 Å². The molecule has 4 heteroatoms. The Morgan fingerprint density at radius 2 is 1.94 bits per heavy atom. The SMILES string of the molecule is Cc1ccccc1C(=O)Nc1ccc(N)cc1Cl. The molecule has 0 fully saturated rings. The molecule has 2 aromatic rings. The quantitative estimate of drug-likeness (QED) is 0.812. The van der Waals surface area contributed by atoms with Crippen molar-refractivity contribution in [1.82, 2.24) is 0 Å². The number of carbonyl (C=O) groups is 1. The number of halogens is 1. The van der Waals surface area contributed by atoms with Crippen molar-refractivity contribution in [3.05, 3.63) is 58.6 Å². The highest BCUT2D eigenvalue weighted by atomic mass is 35.5. The molecule has 0 bridgehead atoms. The summed E-state index contributed by atoms with van der Waals surface area (Å²) in [7, 11) is 0. The maximum atomic E-state index is 12.1. The highest BCUT2D eigenvalue weighted by Gasteiger charge is 2.10. The zero-order valence-corrected chi connectivity index (χ0v) is 10.7. The number of aryl methyl sites for hydroxylation is 1. The van der Waals surface area contributed by atoms with Crippen molar-refractivity contribution in [1.29, 1.82) is 0 Å². The zero-order valence-electron chi connectivity index (χ0n) is 9.91. The van der Waals surface area contributed by atoms with Crippen molar-refractivity contribution in [2.45, 2.75) is 6.92 Å². The second-order valence-electron chi connectivity index (χ2n) is 4.01. The van der Waals surface area contributed by atoms with Crippen LogP contribution in [0.15, 0.2) is 42.5 Å². The van der Waals surface area contributed by atoms with Crippen LogP contribution < -0.4 is 11.1 Å². The summed E-state index contributed by atoms with van der Waals surface area (Å²) in [5, 5.41) is 3.20. The standard InChI is InChI=1S/C14H13ClN2O/c1-9-4-2-3-5-11(9)14(18)17-13-7-6-10(16)8-12(13)15/h2-8H,16H2,1H3,(H,17,18). The normalized spacial score (nSPS) is 10.1. The molecule has 0 aliphatic heterocycles. The minimum Gasteiger partial charge on any atom is -0.399 e. The molecule has 3 nitrogen and oxygen atoms in total. The molecule has 2 rings (SSSR count). The summed E-state index contributed by atoms with van der Waals surface area (Å²) in [5.74, 6) is -0.181. The fourth-order valence-corrected chi connectivity index (χ4v) is 1.89. The van der Waals surface area contributed by atoms with Gasteiger partial charge in [0, 0.05) is 11.3 Å². The van der Waals surface area contributed by atoms with Gasteiger partial charge in [0.2, 0.25) is 0 Å². The lowest BCUT2D eigenvalue weighted by Gasteiger charge is -2.09. The van der Waals surface area contributed by atoms with Crippen LogP contribution in [-0.4, -0.2) is 5.91 Å². The van der Waals surface area contributed by atoms with Crippen molar-refractivity contribution in [3.8, 4) is 0 Å². The van der Waals surface area contributed by atoms with E-state index in [4.69, 9.17) is 17.3 Å². The van der Waals surface area contributed by atoms with E-state index >= 15 is 0 Å². The van der Waals surface area contributed by atoms with E-state index in [0.29, 0.717) is 22.0 Å². The van der Waals surface area contributed by atoms with E-state index in [1.165, 1.54) is 0 Å². The van der Waals surface area contributed by atoms with Gasteiger partial charge in [0.05, 0.1) is 10.7 Å². The summed E-state index contributed by atoms with van der Waals surface area (Å²) < 4.78 is 0. The average molecular weight is 261 g/mol. The van der Waals surface area contributed by atoms with E-state index in [1.807, 2.05) is 25.1 Å². The number of amides is 1. The lowest BCUT2D eigenvalue weighted by molar-refractivity contribution is 0.102. The van der Waals surface area contributed by atoms with E-state index in [9.17, 15) is 4.79 Å². The van der Waals surface area contributed by atoms with Gasteiger partial charge in [-0.15, -0.1) is 0 Å². The van der Waals surface area contributed by atoms with Crippen molar-refractivity contribution in [2.24, 2.45) is 0 Å². The zero-order chi connectivity index (χ0) is 13.1. The van der Waals surface area contributed by atoms with Crippen LogP contribution in [0.2, 0.25) is 5.02 Å². The predicted octanol–water partition coefficient (Wildman–Crippen LogP) is 3.48. The van der Waals surface area contributed by atoms with Gasteiger partial charge >= 0.3 is 0 Å². The molecule has 0 unspecified atom stereocenters. The molecule has 2 aromatic carbocycles.